The molecule has 0 saturated carbocycles. The SMILES string of the molecule is CC(C)(C)C1=CC=C[C@H](C(C)(C)C)[C@@]1(O)C[C@@]1(O)C(C(C)(C)C)=CC=C[C@H]1C(C)(C)C. The van der Waals surface area contributed by atoms with Crippen LogP contribution in [0.4, 0.5) is 0 Å². The third kappa shape index (κ3) is 4.96. The lowest BCUT2D eigenvalue weighted by molar-refractivity contribution is -0.112. The van der Waals surface area contributed by atoms with Crippen LogP contribution in [-0.4, -0.2) is 21.4 Å². The van der Waals surface area contributed by atoms with E-state index in [0.29, 0.717) is 0 Å². The molecule has 0 saturated heterocycles. The molecule has 0 aromatic carbocycles. The van der Waals surface area contributed by atoms with Gasteiger partial charge in [0.1, 0.15) is 0 Å². The lowest BCUT2D eigenvalue weighted by atomic mass is 9.53. The van der Waals surface area contributed by atoms with Crippen LogP contribution >= 0.6 is 0 Å². The molecule has 0 bridgehead atoms. The average molecular weight is 429 g/mol. The zero-order chi connectivity index (χ0) is 24.3. The van der Waals surface area contributed by atoms with Gasteiger partial charge >= 0.3 is 0 Å². The first-order valence-electron chi connectivity index (χ1n) is 11.9. The number of hydrogen-bond donors (Lipinski definition) is 2. The first-order chi connectivity index (χ1) is 13.6. The molecule has 0 heterocycles. The highest BCUT2D eigenvalue weighted by Crippen LogP contribution is 2.56. The van der Waals surface area contributed by atoms with Gasteiger partial charge < -0.3 is 10.2 Å². The van der Waals surface area contributed by atoms with E-state index in [0.717, 1.165) is 11.1 Å². The van der Waals surface area contributed by atoms with Crippen LogP contribution in [0.3, 0.4) is 0 Å². The summed E-state index contributed by atoms with van der Waals surface area (Å²) in [6, 6.07) is 0. The third-order valence-electron chi connectivity index (χ3n) is 7.12. The molecule has 0 aromatic heterocycles. The van der Waals surface area contributed by atoms with Crippen molar-refractivity contribution < 1.29 is 10.2 Å². The van der Waals surface area contributed by atoms with Gasteiger partial charge in [-0.3, -0.25) is 0 Å². The van der Waals surface area contributed by atoms with Crippen LogP contribution in [0.5, 0.6) is 0 Å². The molecule has 2 rings (SSSR count). The van der Waals surface area contributed by atoms with Crippen LogP contribution in [0.15, 0.2) is 47.6 Å². The molecule has 0 unspecified atom stereocenters. The molecular weight excluding hydrogens is 380 g/mol. The van der Waals surface area contributed by atoms with Crippen molar-refractivity contribution in [1.29, 1.82) is 0 Å². The Morgan fingerprint density at radius 3 is 1.13 bits per heavy atom. The Bertz CT molecular complexity index is 728. The molecule has 0 radical (unpaired) electrons. The summed E-state index contributed by atoms with van der Waals surface area (Å²) in [5, 5.41) is 25.2. The van der Waals surface area contributed by atoms with Crippen molar-refractivity contribution in [2.45, 2.75) is 101 Å². The normalized spacial score (nSPS) is 32.7. The van der Waals surface area contributed by atoms with Crippen LogP contribution in [0.1, 0.15) is 89.5 Å². The Hall–Kier alpha value is -1.12. The van der Waals surface area contributed by atoms with Gasteiger partial charge in [0.2, 0.25) is 0 Å². The van der Waals surface area contributed by atoms with Crippen molar-refractivity contribution >= 4 is 0 Å². The summed E-state index contributed by atoms with van der Waals surface area (Å²) >= 11 is 0. The van der Waals surface area contributed by atoms with Crippen LogP contribution in [0.2, 0.25) is 0 Å². The van der Waals surface area contributed by atoms with Gasteiger partial charge in [-0.25, -0.2) is 0 Å². The van der Waals surface area contributed by atoms with E-state index in [2.05, 4.69) is 120 Å². The van der Waals surface area contributed by atoms with Gasteiger partial charge in [0.15, 0.2) is 0 Å². The summed E-state index contributed by atoms with van der Waals surface area (Å²) in [5.74, 6) is -0.202. The van der Waals surface area contributed by atoms with Crippen molar-refractivity contribution in [1.82, 2.24) is 0 Å². The highest BCUT2D eigenvalue weighted by Gasteiger charge is 2.57. The third-order valence-corrected chi connectivity index (χ3v) is 7.12. The van der Waals surface area contributed by atoms with E-state index in [4.69, 9.17) is 0 Å². The lowest BCUT2D eigenvalue weighted by Crippen LogP contribution is -2.59. The van der Waals surface area contributed by atoms with Crippen LogP contribution in [-0.2, 0) is 0 Å². The first kappa shape index (κ1) is 26.1. The molecular formula is C29H48O2. The van der Waals surface area contributed by atoms with Crippen molar-refractivity contribution in [2.75, 3.05) is 0 Å². The number of allylic oxidation sites excluding steroid dienone is 4. The molecule has 2 aliphatic rings. The minimum Gasteiger partial charge on any atom is -0.385 e. The molecule has 31 heavy (non-hydrogen) atoms. The van der Waals surface area contributed by atoms with E-state index in [9.17, 15) is 10.2 Å². The second-order valence-corrected chi connectivity index (χ2v) is 14.1. The summed E-state index contributed by atoms with van der Waals surface area (Å²) in [5.41, 5.74) is -1.03. The maximum atomic E-state index is 12.6. The van der Waals surface area contributed by atoms with Crippen LogP contribution in [0.25, 0.3) is 0 Å². The Morgan fingerprint density at radius 1 is 0.613 bits per heavy atom. The average Bonchev–Trinajstić information content (AvgIpc) is 2.49. The van der Waals surface area contributed by atoms with E-state index < -0.39 is 11.2 Å². The topological polar surface area (TPSA) is 40.5 Å². The monoisotopic (exact) mass is 428 g/mol. The van der Waals surface area contributed by atoms with Gasteiger partial charge in [0.05, 0.1) is 11.2 Å². The number of rotatable bonds is 2. The summed E-state index contributed by atoms with van der Waals surface area (Å²) in [6.07, 6.45) is 12.9. The smallest absolute Gasteiger partial charge is 0.0963 e. The molecule has 2 nitrogen and oxygen atoms in total. The number of hydrogen-bond acceptors (Lipinski definition) is 2. The molecule has 0 fully saturated rings. The minimum absolute atomic E-state index is 0.101. The fraction of sp³-hybridized carbons (Fsp3) is 0.724. The Kier molecular flexibility index (Phi) is 6.52. The van der Waals surface area contributed by atoms with Crippen molar-refractivity contribution in [3.63, 3.8) is 0 Å². The van der Waals surface area contributed by atoms with Gasteiger partial charge in [-0.2, -0.15) is 0 Å². The maximum Gasteiger partial charge on any atom is 0.0963 e. The highest BCUT2D eigenvalue weighted by molar-refractivity contribution is 5.41. The molecule has 0 aliphatic heterocycles. The van der Waals surface area contributed by atoms with Gasteiger partial charge in [0.25, 0.3) is 0 Å². The fourth-order valence-electron chi connectivity index (χ4n) is 6.10. The summed E-state index contributed by atoms with van der Waals surface area (Å²) in [4.78, 5) is 0. The molecule has 2 N–H and O–H groups in total. The first-order valence-corrected chi connectivity index (χ1v) is 11.9. The van der Waals surface area contributed by atoms with Gasteiger partial charge in [-0.15, -0.1) is 0 Å². The lowest BCUT2D eigenvalue weighted by Gasteiger charge is -2.56. The molecule has 0 aromatic rings. The standard InChI is InChI=1S/C29H48O2/c1-24(2,3)20-15-13-16-21(25(4,5)6)28(20,30)19-29(31)22(26(7,8)9)17-14-18-23(29)27(10,11)12/h13-18,20,22,30-31H,19H2,1-12H3/t20-,22+,28-,29-/m0/s1. The predicted octanol–water partition coefficient (Wildman–Crippen LogP) is 7.25. The van der Waals surface area contributed by atoms with Gasteiger partial charge in [-0.1, -0.05) is 120 Å². The van der Waals surface area contributed by atoms with E-state index >= 15 is 0 Å². The molecule has 0 amide bonds. The fourth-order valence-corrected chi connectivity index (χ4v) is 6.10. The largest absolute Gasteiger partial charge is 0.385 e. The van der Waals surface area contributed by atoms with Crippen LogP contribution in [0, 0.1) is 33.5 Å². The quantitative estimate of drug-likeness (QED) is 0.486. The van der Waals surface area contributed by atoms with E-state index in [-0.39, 0.29) is 39.9 Å². The van der Waals surface area contributed by atoms with E-state index in [1.807, 2.05) is 0 Å². The van der Waals surface area contributed by atoms with E-state index in [1.165, 1.54) is 0 Å². The molecule has 2 aliphatic carbocycles. The van der Waals surface area contributed by atoms with Gasteiger partial charge in [0, 0.05) is 18.3 Å². The molecule has 0 spiro atoms. The Balaban J connectivity index is 2.77. The van der Waals surface area contributed by atoms with Crippen molar-refractivity contribution in [2.24, 2.45) is 33.5 Å². The summed E-state index contributed by atoms with van der Waals surface area (Å²) in [7, 11) is 0. The second-order valence-electron chi connectivity index (χ2n) is 14.1. The summed E-state index contributed by atoms with van der Waals surface area (Å²) < 4.78 is 0. The predicted molar refractivity (Wildman–Crippen MR) is 134 cm³/mol. The molecule has 4 atom stereocenters. The van der Waals surface area contributed by atoms with Crippen LogP contribution < -0.4 is 0 Å². The molecule has 2 heteroatoms. The Morgan fingerprint density at radius 2 is 0.903 bits per heavy atom. The van der Waals surface area contributed by atoms with Crippen molar-refractivity contribution in [3.05, 3.63) is 47.6 Å². The maximum absolute atomic E-state index is 12.6. The minimum atomic E-state index is -1.15. The van der Waals surface area contributed by atoms with Crippen molar-refractivity contribution in [3.8, 4) is 0 Å². The zero-order valence-corrected chi connectivity index (χ0v) is 22.2. The Labute approximate surface area is 192 Å². The number of aliphatic hydroxyl groups is 2. The highest BCUT2D eigenvalue weighted by atomic mass is 16.3. The zero-order valence-electron chi connectivity index (χ0n) is 22.2. The van der Waals surface area contributed by atoms with Gasteiger partial charge in [-0.05, 0) is 32.8 Å². The van der Waals surface area contributed by atoms with E-state index in [1.54, 1.807) is 0 Å². The summed E-state index contributed by atoms with van der Waals surface area (Å²) in [6.45, 7) is 26.1. The second kappa shape index (κ2) is 7.73. The molecule has 176 valence electrons.